The number of imidazole rings is 1. The number of methoxy groups -OCH3 is 1. The number of halogens is 1. The molecular weight excluding hydrogens is 553 g/mol. The zero-order valence-corrected chi connectivity index (χ0v) is 24.9. The Morgan fingerprint density at radius 1 is 1.07 bits per heavy atom. The van der Waals surface area contributed by atoms with Gasteiger partial charge in [-0.25, -0.2) is 14.4 Å². The monoisotopic (exact) mass is 585 g/mol. The van der Waals surface area contributed by atoms with Crippen LogP contribution in [0.1, 0.15) is 70.6 Å². The van der Waals surface area contributed by atoms with Crippen LogP contribution in [0.3, 0.4) is 0 Å². The Hall–Kier alpha value is -4.05. The zero-order chi connectivity index (χ0) is 29.1. The second-order valence-electron chi connectivity index (χ2n) is 11.2. The van der Waals surface area contributed by atoms with Gasteiger partial charge in [0.05, 0.1) is 40.6 Å². The normalized spacial score (nSPS) is 19.0. The summed E-state index contributed by atoms with van der Waals surface area (Å²) in [4.78, 5) is 26.6. The van der Waals surface area contributed by atoms with Crippen LogP contribution in [0, 0.1) is 26.6 Å². The highest BCUT2D eigenvalue weighted by molar-refractivity contribution is 7.11. The molecule has 2 unspecified atom stereocenters. The Morgan fingerprint density at radius 3 is 2.69 bits per heavy atom. The quantitative estimate of drug-likeness (QED) is 0.217. The molecule has 10 heteroatoms. The molecule has 3 aromatic heterocycles. The van der Waals surface area contributed by atoms with Gasteiger partial charge in [0.25, 0.3) is 0 Å². The van der Waals surface area contributed by atoms with E-state index < -0.39 is 5.82 Å². The molecule has 1 aliphatic heterocycles. The average molecular weight is 586 g/mol. The largest absolute Gasteiger partial charge is 0.494 e. The molecule has 0 N–H and O–H groups in total. The standard InChI is InChI=1S/C32H32FN5O3S/c1-17-31(18(2)41-36-17)20-8-12-26-25(14-20)35-32(38(26)22-9-11-24-29(16-22)42-19(3)34-24)27-6-5-7-30(39)37(27)21-10-13-28(40-4)23(33)15-21/h8,10,12-15,22,27H,5-7,9,11,16H2,1-4H3. The molecule has 0 radical (unpaired) electrons. The fraction of sp³-hybridized carbons (Fsp3) is 0.375. The molecule has 5 aromatic rings. The van der Waals surface area contributed by atoms with Gasteiger partial charge >= 0.3 is 0 Å². The third-order valence-corrected chi connectivity index (χ3v) is 9.62. The lowest BCUT2D eigenvalue weighted by Gasteiger charge is -2.37. The van der Waals surface area contributed by atoms with Crippen molar-refractivity contribution >= 4 is 34.0 Å². The summed E-state index contributed by atoms with van der Waals surface area (Å²) in [6.45, 7) is 5.92. The van der Waals surface area contributed by atoms with Crippen molar-refractivity contribution in [2.75, 3.05) is 12.0 Å². The van der Waals surface area contributed by atoms with E-state index >= 15 is 0 Å². The number of hydrogen-bond acceptors (Lipinski definition) is 7. The van der Waals surface area contributed by atoms with E-state index in [1.54, 1.807) is 28.4 Å². The van der Waals surface area contributed by atoms with Gasteiger partial charge in [0.15, 0.2) is 11.6 Å². The smallest absolute Gasteiger partial charge is 0.227 e. The van der Waals surface area contributed by atoms with Gasteiger partial charge in [0.1, 0.15) is 11.6 Å². The molecule has 2 aliphatic rings. The van der Waals surface area contributed by atoms with Gasteiger partial charge in [-0.1, -0.05) is 11.2 Å². The minimum absolute atomic E-state index is 0.0326. The molecule has 1 saturated heterocycles. The lowest BCUT2D eigenvalue weighted by atomic mass is 9.95. The van der Waals surface area contributed by atoms with Crippen molar-refractivity contribution < 1.29 is 18.4 Å². The van der Waals surface area contributed by atoms with E-state index in [0.717, 1.165) is 76.6 Å². The van der Waals surface area contributed by atoms with Gasteiger partial charge in [-0.3, -0.25) is 4.79 Å². The van der Waals surface area contributed by atoms with Crippen molar-refractivity contribution in [1.29, 1.82) is 0 Å². The van der Waals surface area contributed by atoms with Gasteiger partial charge in [0.2, 0.25) is 5.91 Å². The Kier molecular flexibility index (Phi) is 6.61. The lowest BCUT2D eigenvalue weighted by molar-refractivity contribution is -0.120. The maximum absolute atomic E-state index is 14.9. The van der Waals surface area contributed by atoms with Crippen molar-refractivity contribution in [1.82, 2.24) is 19.7 Å². The van der Waals surface area contributed by atoms with Crippen LogP contribution in [-0.2, 0) is 17.6 Å². The second-order valence-corrected chi connectivity index (χ2v) is 12.5. The Morgan fingerprint density at radius 2 is 1.93 bits per heavy atom. The number of benzene rings is 2. The van der Waals surface area contributed by atoms with E-state index in [-0.39, 0.29) is 23.7 Å². The number of carbonyl (C=O) groups excluding carboxylic acids is 1. The summed E-state index contributed by atoms with van der Waals surface area (Å²) in [5.41, 5.74) is 6.39. The molecule has 4 heterocycles. The molecule has 216 valence electrons. The maximum Gasteiger partial charge on any atom is 0.227 e. The minimum atomic E-state index is -0.495. The van der Waals surface area contributed by atoms with Crippen LogP contribution in [0.2, 0.25) is 0 Å². The van der Waals surface area contributed by atoms with Crippen LogP contribution < -0.4 is 9.64 Å². The number of carbonyl (C=O) groups is 1. The minimum Gasteiger partial charge on any atom is -0.494 e. The average Bonchev–Trinajstić information content (AvgIpc) is 3.65. The summed E-state index contributed by atoms with van der Waals surface area (Å²) in [7, 11) is 1.44. The van der Waals surface area contributed by atoms with E-state index in [0.29, 0.717) is 12.1 Å². The van der Waals surface area contributed by atoms with Crippen molar-refractivity contribution in [2.45, 2.75) is 71.4 Å². The van der Waals surface area contributed by atoms with Crippen molar-refractivity contribution in [2.24, 2.45) is 0 Å². The van der Waals surface area contributed by atoms with E-state index in [1.807, 2.05) is 13.8 Å². The summed E-state index contributed by atoms with van der Waals surface area (Å²) < 4.78 is 27.8. The molecule has 7 rings (SSSR count). The number of thiazole rings is 1. The topological polar surface area (TPSA) is 86.3 Å². The first kappa shape index (κ1) is 26.8. The molecule has 2 atom stereocenters. The second kappa shape index (κ2) is 10.3. The predicted octanol–water partition coefficient (Wildman–Crippen LogP) is 7.21. The van der Waals surface area contributed by atoms with Gasteiger partial charge in [-0.15, -0.1) is 11.3 Å². The summed E-state index contributed by atoms with van der Waals surface area (Å²) in [5, 5.41) is 5.24. The van der Waals surface area contributed by atoms with E-state index in [4.69, 9.17) is 19.2 Å². The molecule has 8 nitrogen and oxygen atoms in total. The molecule has 1 fully saturated rings. The van der Waals surface area contributed by atoms with E-state index in [1.165, 1.54) is 23.7 Å². The van der Waals surface area contributed by atoms with Crippen molar-refractivity contribution in [3.05, 3.63) is 75.1 Å². The summed E-state index contributed by atoms with van der Waals surface area (Å²) in [5.74, 6) is 1.22. The first-order valence-corrected chi connectivity index (χ1v) is 15.2. The van der Waals surface area contributed by atoms with Crippen LogP contribution in [0.4, 0.5) is 10.1 Å². The van der Waals surface area contributed by atoms with E-state index in [9.17, 15) is 9.18 Å². The maximum atomic E-state index is 14.9. The van der Waals surface area contributed by atoms with Crippen LogP contribution in [-0.4, -0.2) is 32.7 Å². The van der Waals surface area contributed by atoms with Crippen molar-refractivity contribution in [3.63, 3.8) is 0 Å². The molecule has 1 amide bonds. The molecule has 0 bridgehead atoms. The highest BCUT2D eigenvalue weighted by atomic mass is 32.1. The number of ether oxygens (including phenoxy) is 1. The van der Waals surface area contributed by atoms with Gasteiger partial charge in [-0.05, 0) is 76.3 Å². The summed E-state index contributed by atoms with van der Waals surface area (Å²) in [6.07, 6.45) is 4.58. The van der Waals surface area contributed by atoms with Crippen molar-refractivity contribution in [3.8, 4) is 16.9 Å². The number of fused-ring (bicyclic) bond motifs is 2. The number of piperidine rings is 1. The first-order valence-electron chi connectivity index (χ1n) is 14.4. The molecule has 2 aromatic carbocycles. The number of hydrogen-bond donors (Lipinski definition) is 0. The number of rotatable bonds is 5. The third kappa shape index (κ3) is 4.40. The third-order valence-electron chi connectivity index (χ3n) is 8.58. The fourth-order valence-electron chi connectivity index (χ4n) is 6.74. The first-order chi connectivity index (χ1) is 20.3. The molecule has 0 spiro atoms. The Balaban J connectivity index is 1.39. The number of aromatic nitrogens is 4. The van der Waals surface area contributed by atoms with Gasteiger partial charge < -0.3 is 18.7 Å². The SMILES string of the molecule is COc1ccc(N2C(=O)CCCC2c2nc3cc(-c4c(C)noc4C)ccc3n2C2CCc3nc(C)sc3C2)cc1F. The van der Waals surface area contributed by atoms with Gasteiger partial charge in [-0.2, -0.15) is 0 Å². The number of nitrogens with zero attached hydrogens (tertiary/aromatic N) is 5. The van der Waals surface area contributed by atoms with Crippen LogP contribution in [0.15, 0.2) is 40.9 Å². The molecule has 0 saturated carbocycles. The lowest BCUT2D eigenvalue weighted by Crippen LogP contribution is -2.40. The highest BCUT2D eigenvalue weighted by Gasteiger charge is 2.37. The number of anilines is 1. The molecular formula is C32H32FN5O3S. The van der Waals surface area contributed by atoms with Crippen LogP contribution >= 0.6 is 11.3 Å². The molecule has 1 aliphatic carbocycles. The zero-order valence-electron chi connectivity index (χ0n) is 24.1. The highest BCUT2D eigenvalue weighted by Crippen LogP contribution is 2.42. The Labute approximate surface area is 247 Å². The number of amides is 1. The number of aryl methyl sites for hydroxylation is 4. The van der Waals surface area contributed by atoms with Gasteiger partial charge in [0, 0.05) is 41.1 Å². The van der Waals surface area contributed by atoms with E-state index in [2.05, 4.69) is 34.8 Å². The Bertz CT molecular complexity index is 1820. The summed E-state index contributed by atoms with van der Waals surface area (Å²) >= 11 is 1.76. The predicted molar refractivity (Wildman–Crippen MR) is 160 cm³/mol. The van der Waals surface area contributed by atoms with Crippen LogP contribution in [0.5, 0.6) is 5.75 Å². The fourth-order valence-corrected chi connectivity index (χ4v) is 7.79. The summed E-state index contributed by atoms with van der Waals surface area (Å²) in [6, 6.07) is 10.9. The van der Waals surface area contributed by atoms with Crippen LogP contribution in [0.25, 0.3) is 22.2 Å². The molecule has 42 heavy (non-hydrogen) atoms.